The SMILES string of the molecule is CNC(=O)CN(C)C(=O)COC(=O)COc1cc(C)cc(C)c1. The number of nitrogens with one attached hydrogen (secondary N) is 1. The van der Waals surface area contributed by atoms with Crippen molar-refractivity contribution in [2.75, 3.05) is 33.9 Å². The molecule has 2 amide bonds. The molecule has 1 rings (SSSR count). The number of nitrogens with zero attached hydrogens (tertiary/aromatic N) is 1. The summed E-state index contributed by atoms with van der Waals surface area (Å²) in [7, 11) is 2.93. The van der Waals surface area contributed by atoms with Crippen LogP contribution in [0.25, 0.3) is 0 Å². The summed E-state index contributed by atoms with van der Waals surface area (Å²) in [6.07, 6.45) is 0. The first-order chi connectivity index (χ1) is 10.8. The molecule has 0 spiro atoms. The van der Waals surface area contributed by atoms with Crippen molar-refractivity contribution < 1.29 is 23.9 Å². The molecule has 126 valence electrons. The van der Waals surface area contributed by atoms with E-state index >= 15 is 0 Å². The molecule has 7 heteroatoms. The van der Waals surface area contributed by atoms with Crippen molar-refractivity contribution in [1.82, 2.24) is 10.2 Å². The Morgan fingerprint density at radius 2 is 1.70 bits per heavy atom. The second-order valence-electron chi connectivity index (χ2n) is 5.20. The van der Waals surface area contributed by atoms with Crippen LogP contribution in [-0.2, 0) is 19.1 Å². The third kappa shape index (κ3) is 6.82. The molecular formula is C16H22N2O5. The quantitative estimate of drug-likeness (QED) is 0.736. The van der Waals surface area contributed by atoms with E-state index in [1.807, 2.05) is 32.0 Å². The van der Waals surface area contributed by atoms with Crippen LogP contribution in [0.15, 0.2) is 18.2 Å². The van der Waals surface area contributed by atoms with E-state index in [9.17, 15) is 14.4 Å². The maximum atomic E-state index is 11.7. The Labute approximate surface area is 135 Å². The van der Waals surface area contributed by atoms with Crippen LogP contribution in [0, 0.1) is 13.8 Å². The first-order valence-corrected chi connectivity index (χ1v) is 7.13. The molecule has 0 aliphatic rings. The fourth-order valence-corrected chi connectivity index (χ4v) is 1.84. The highest BCUT2D eigenvalue weighted by atomic mass is 16.6. The second-order valence-corrected chi connectivity index (χ2v) is 5.20. The Morgan fingerprint density at radius 1 is 1.09 bits per heavy atom. The molecule has 0 saturated heterocycles. The van der Waals surface area contributed by atoms with Gasteiger partial charge in [-0.3, -0.25) is 9.59 Å². The van der Waals surface area contributed by atoms with Crippen molar-refractivity contribution in [2.24, 2.45) is 0 Å². The Hall–Kier alpha value is -2.57. The number of benzene rings is 1. The van der Waals surface area contributed by atoms with Crippen LogP contribution in [0.3, 0.4) is 0 Å². The van der Waals surface area contributed by atoms with Crippen LogP contribution < -0.4 is 10.1 Å². The standard InChI is InChI=1S/C16H22N2O5/c1-11-5-12(2)7-13(6-11)22-10-16(21)23-9-15(20)18(4)8-14(19)17-3/h5-7H,8-10H2,1-4H3,(H,17,19). The predicted octanol–water partition coefficient (Wildman–Crippen LogP) is 0.430. The van der Waals surface area contributed by atoms with Gasteiger partial charge < -0.3 is 19.7 Å². The molecule has 0 aromatic heterocycles. The van der Waals surface area contributed by atoms with Gasteiger partial charge in [-0.1, -0.05) is 6.07 Å². The van der Waals surface area contributed by atoms with E-state index in [1.54, 1.807) is 0 Å². The Kier molecular flexibility index (Phi) is 7.05. The summed E-state index contributed by atoms with van der Waals surface area (Å²) < 4.78 is 10.2. The molecule has 23 heavy (non-hydrogen) atoms. The zero-order valence-corrected chi connectivity index (χ0v) is 13.8. The highest BCUT2D eigenvalue weighted by Crippen LogP contribution is 2.16. The molecule has 7 nitrogen and oxygen atoms in total. The Morgan fingerprint density at radius 3 is 2.26 bits per heavy atom. The number of hydrogen-bond donors (Lipinski definition) is 1. The molecule has 1 aromatic rings. The molecule has 0 bridgehead atoms. The molecule has 0 aliphatic heterocycles. The fourth-order valence-electron chi connectivity index (χ4n) is 1.84. The number of amides is 2. The van der Waals surface area contributed by atoms with Crippen LogP contribution in [0.5, 0.6) is 5.75 Å². The number of rotatable bonds is 7. The minimum absolute atomic E-state index is 0.0913. The van der Waals surface area contributed by atoms with Gasteiger partial charge in [0.1, 0.15) is 5.75 Å². The van der Waals surface area contributed by atoms with Gasteiger partial charge in [-0.15, -0.1) is 0 Å². The normalized spacial score (nSPS) is 9.91. The average Bonchev–Trinajstić information content (AvgIpc) is 2.49. The van der Waals surface area contributed by atoms with Gasteiger partial charge in [0.05, 0.1) is 6.54 Å². The van der Waals surface area contributed by atoms with Gasteiger partial charge in [-0.2, -0.15) is 0 Å². The molecule has 0 heterocycles. The molecule has 0 atom stereocenters. The number of carbonyl (C=O) groups is 3. The maximum absolute atomic E-state index is 11.7. The largest absolute Gasteiger partial charge is 0.482 e. The summed E-state index contributed by atoms with van der Waals surface area (Å²) in [6.45, 7) is 3.06. The van der Waals surface area contributed by atoms with Gasteiger partial charge in [-0.05, 0) is 37.1 Å². The van der Waals surface area contributed by atoms with Crippen LogP contribution in [0.2, 0.25) is 0 Å². The van der Waals surface area contributed by atoms with E-state index in [-0.39, 0.29) is 19.1 Å². The Balaban J connectivity index is 2.36. The first kappa shape index (κ1) is 18.5. The first-order valence-electron chi connectivity index (χ1n) is 7.13. The summed E-state index contributed by atoms with van der Waals surface area (Å²) >= 11 is 0. The lowest BCUT2D eigenvalue weighted by molar-refractivity contribution is -0.153. The van der Waals surface area contributed by atoms with Gasteiger partial charge in [-0.25, -0.2) is 4.79 Å². The topological polar surface area (TPSA) is 84.9 Å². The van der Waals surface area contributed by atoms with Crippen LogP contribution >= 0.6 is 0 Å². The molecule has 0 aliphatic carbocycles. The minimum atomic E-state index is -0.647. The molecule has 0 saturated carbocycles. The van der Waals surface area contributed by atoms with E-state index in [0.717, 1.165) is 11.1 Å². The Bertz CT molecular complexity index is 566. The van der Waals surface area contributed by atoms with E-state index < -0.39 is 18.5 Å². The van der Waals surface area contributed by atoms with Crippen molar-refractivity contribution in [1.29, 1.82) is 0 Å². The molecule has 0 radical (unpaired) electrons. The lowest BCUT2D eigenvalue weighted by Gasteiger charge is -2.16. The van der Waals surface area contributed by atoms with Crippen molar-refractivity contribution in [3.05, 3.63) is 29.3 Å². The van der Waals surface area contributed by atoms with Crippen molar-refractivity contribution >= 4 is 17.8 Å². The van der Waals surface area contributed by atoms with Gasteiger partial charge in [0.15, 0.2) is 13.2 Å². The van der Waals surface area contributed by atoms with E-state index in [0.29, 0.717) is 5.75 Å². The lowest BCUT2D eigenvalue weighted by Crippen LogP contribution is -2.39. The molecule has 0 unspecified atom stereocenters. The summed E-state index contributed by atoms with van der Waals surface area (Å²) in [5.74, 6) is -0.841. The predicted molar refractivity (Wildman–Crippen MR) is 84.1 cm³/mol. The lowest BCUT2D eigenvalue weighted by atomic mass is 10.1. The van der Waals surface area contributed by atoms with Gasteiger partial charge in [0.25, 0.3) is 5.91 Å². The van der Waals surface area contributed by atoms with E-state index in [2.05, 4.69) is 5.32 Å². The number of esters is 1. The third-order valence-electron chi connectivity index (χ3n) is 2.99. The van der Waals surface area contributed by atoms with Crippen LogP contribution in [-0.4, -0.2) is 56.5 Å². The molecule has 0 fully saturated rings. The van der Waals surface area contributed by atoms with Gasteiger partial charge in [0.2, 0.25) is 5.91 Å². The highest BCUT2D eigenvalue weighted by molar-refractivity contribution is 5.86. The highest BCUT2D eigenvalue weighted by Gasteiger charge is 2.14. The van der Waals surface area contributed by atoms with E-state index in [1.165, 1.54) is 19.0 Å². The monoisotopic (exact) mass is 322 g/mol. The smallest absolute Gasteiger partial charge is 0.344 e. The third-order valence-corrected chi connectivity index (χ3v) is 2.99. The second kappa shape index (κ2) is 8.77. The van der Waals surface area contributed by atoms with Gasteiger partial charge >= 0.3 is 5.97 Å². The number of likely N-dealkylation sites (N-methyl/N-ethyl adjacent to an activating group) is 2. The zero-order chi connectivity index (χ0) is 17.4. The van der Waals surface area contributed by atoms with Crippen LogP contribution in [0.4, 0.5) is 0 Å². The average molecular weight is 322 g/mol. The van der Waals surface area contributed by atoms with Crippen LogP contribution in [0.1, 0.15) is 11.1 Å². The fraction of sp³-hybridized carbons (Fsp3) is 0.438. The maximum Gasteiger partial charge on any atom is 0.344 e. The number of ether oxygens (including phenoxy) is 2. The zero-order valence-electron chi connectivity index (χ0n) is 13.8. The molecular weight excluding hydrogens is 300 g/mol. The van der Waals surface area contributed by atoms with Gasteiger partial charge in [0, 0.05) is 14.1 Å². The minimum Gasteiger partial charge on any atom is -0.482 e. The van der Waals surface area contributed by atoms with Crippen molar-refractivity contribution in [3.8, 4) is 5.75 Å². The summed E-state index contributed by atoms with van der Waals surface area (Å²) in [5, 5.41) is 2.40. The number of hydrogen-bond acceptors (Lipinski definition) is 5. The van der Waals surface area contributed by atoms with Crippen molar-refractivity contribution in [3.63, 3.8) is 0 Å². The molecule has 1 N–H and O–H groups in total. The summed E-state index contributed by atoms with van der Waals surface area (Å²) in [4.78, 5) is 35.6. The summed E-state index contributed by atoms with van der Waals surface area (Å²) in [6, 6.07) is 5.61. The van der Waals surface area contributed by atoms with Crippen molar-refractivity contribution in [2.45, 2.75) is 13.8 Å². The number of aryl methyl sites for hydroxylation is 2. The van der Waals surface area contributed by atoms with E-state index in [4.69, 9.17) is 9.47 Å². The molecule has 1 aromatic carbocycles. The number of carbonyl (C=O) groups excluding carboxylic acids is 3. The summed E-state index contributed by atoms with van der Waals surface area (Å²) in [5.41, 5.74) is 2.05.